The number of nitrogens with one attached hydrogen (secondary N) is 1. The van der Waals surface area contributed by atoms with E-state index >= 15 is 0 Å². The topological polar surface area (TPSA) is 80.1 Å². The van der Waals surface area contributed by atoms with Crippen molar-refractivity contribution in [2.75, 3.05) is 13.1 Å². The van der Waals surface area contributed by atoms with Gasteiger partial charge in [-0.25, -0.2) is 4.68 Å². The number of rotatable bonds is 7. The minimum Gasteiger partial charge on any atom is -0.344 e. The standard InChI is InChI=1S/C18H31N5O2/c1-5-6-7-15-12-23(21-20-15)16-8-10-22(11-9-16)18(25)17(13(2)3)19-14(4)24/h12-13,16-17H,5-11H2,1-4H3,(H,19,24)/t17-/m1/s1. The second kappa shape index (κ2) is 8.97. The van der Waals surface area contributed by atoms with Gasteiger partial charge in [0.15, 0.2) is 0 Å². The summed E-state index contributed by atoms with van der Waals surface area (Å²) in [4.78, 5) is 25.9. The molecule has 1 N–H and O–H groups in total. The third kappa shape index (κ3) is 5.28. The lowest BCUT2D eigenvalue weighted by molar-refractivity contribution is -0.138. The molecule has 1 aliphatic rings. The van der Waals surface area contributed by atoms with Crippen LogP contribution in [0, 0.1) is 5.92 Å². The van der Waals surface area contributed by atoms with Crippen LogP contribution >= 0.6 is 0 Å². The van der Waals surface area contributed by atoms with E-state index in [1.54, 1.807) is 0 Å². The molecular formula is C18H31N5O2. The van der Waals surface area contributed by atoms with Crippen molar-refractivity contribution in [3.05, 3.63) is 11.9 Å². The van der Waals surface area contributed by atoms with Crippen molar-refractivity contribution in [2.45, 2.75) is 71.9 Å². The molecule has 0 spiro atoms. The molecule has 1 fully saturated rings. The maximum absolute atomic E-state index is 12.7. The Bertz CT molecular complexity index is 576. The summed E-state index contributed by atoms with van der Waals surface area (Å²) in [6.45, 7) is 8.92. The number of nitrogens with zero attached hydrogens (tertiary/aromatic N) is 4. The molecule has 0 bridgehead atoms. The van der Waals surface area contributed by atoms with Gasteiger partial charge >= 0.3 is 0 Å². The average Bonchev–Trinajstić information content (AvgIpc) is 3.06. The highest BCUT2D eigenvalue weighted by molar-refractivity contribution is 5.87. The van der Waals surface area contributed by atoms with Crippen LogP contribution in [0.2, 0.25) is 0 Å². The summed E-state index contributed by atoms with van der Waals surface area (Å²) in [7, 11) is 0. The zero-order chi connectivity index (χ0) is 18.4. The maximum Gasteiger partial charge on any atom is 0.245 e. The predicted molar refractivity (Wildman–Crippen MR) is 95.9 cm³/mol. The zero-order valence-corrected chi connectivity index (χ0v) is 15.9. The van der Waals surface area contributed by atoms with Crippen LogP contribution < -0.4 is 5.32 Å². The van der Waals surface area contributed by atoms with Crippen LogP contribution in [0.15, 0.2) is 6.20 Å². The lowest BCUT2D eigenvalue weighted by Crippen LogP contribution is -2.52. The van der Waals surface area contributed by atoms with Crippen molar-refractivity contribution in [3.8, 4) is 0 Å². The van der Waals surface area contributed by atoms with E-state index in [1.807, 2.05) is 29.6 Å². The van der Waals surface area contributed by atoms with Crippen LogP contribution in [-0.2, 0) is 16.0 Å². The molecule has 0 radical (unpaired) electrons. The predicted octanol–water partition coefficient (Wildman–Crippen LogP) is 1.94. The van der Waals surface area contributed by atoms with Crippen LogP contribution in [-0.4, -0.2) is 50.8 Å². The van der Waals surface area contributed by atoms with Gasteiger partial charge in [-0.05, 0) is 31.6 Å². The normalized spacial score (nSPS) is 16.9. The first-order chi connectivity index (χ1) is 11.9. The number of aryl methyl sites for hydroxylation is 1. The first kappa shape index (κ1) is 19.4. The molecular weight excluding hydrogens is 318 g/mol. The van der Waals surface area contributed by atoms with Gasteiger partial charge in [0.25, 0.3) is 0 Å². The average molecular weight is 349 g/mol. The number of hydrogen-bond donors (Lipinski definition) is 1. The van der Waals surface area contributed by atoms with E-state index in [4.69, 9.17) is 0 Å². The summed E-state index contributed by atoms with van der Waals surface area (Å²) in [5, 5.41) is 11.3. The minimum atomic E-state index is -0.443. The van der Waals surface area contributed by atoms with E-state index < -0.39 is 6.04 Å². The fourth-order valence-electron chi connectivity index (χ4n) is 3.24. The molecule has 7 heteroatoms. The highest BCUT2D eigenvalue weighted by Crippen LogP contribution is 2.23. The Morgan fingerprint density at radius 1 is 1.32 bits per heavy atom. The van der Waals surface area contributed by atoms with Crippen LogP contribution in [0.5, 0.6) is 0 Å². The van der Waals surface area contributed by atoms with Gasteiger partial charge in [-0.3, -0.25) is 9.59 Å². The molecule has 0 saturated carbocycles. The number of aromatic nitrogens is 3. The highest BCUT2D eigenvalue weighted by Gasteiger charge is 2.31. The van der Waals surface area contributed by atoms with E-state index in [-0.39, 0.29) is 17.7 Å². The summed E-state index contributed by atoms with van der Waals surface area (Å²) in [5.74, 6) is -0.0689. The second-order valence-electron chi connectivity index (χ2n) is 7.27. The molecule has 1 saturated heterocycles. The Hall–Kier alpha value is -1.92. The summed E-state index contributed by atoms with van der Waals surface area (Å²) < 4.78 is 1.96. The monoisotopic (exact) mass is 349 g/mol. The molecule has 2 amide bonds. The quantitative estimate of drug-likeness (QED) is 0.816. The van der Waals surface area contributed by atoms with Gasteiger partial charge in [0.1, 0.15) is 6.04 Å². The zero-order valence-electron chi connectivity index (χ0n) is 15.9. The smallest absolute Gasteiger partial charge is 0.245 e. The molecule has 0 aliphatic carbocycles. The molecule has 2 rings (SSSR count). The third-order valence-electron chi connectivity index (χ3n) is 4.79. The van der Waals surface area contributed by atoms with Crippen molar-refractivity contribution in [1.82, 2.24) is 25.2 Å². The number of carbonyl (C=O) groups excluding carboxylic acids is 2. The summed E-state index contributed by atoms with van der Waals surface area (Å²) >= 11 is 0. The Kier molecular flexibility index (Phi) is 6.96. The van der Waals surface area contributed by atoms with E-state index in [0.717, 1.165) is 37.8 Å². The third-order valence-corrected chi connectivity index (χ3v) is 4.79. The number of piperidine rings is 1. The minimum absolute atomic E-state index is 0.0193. The summed E-state index contributed by atoms with van der Waals surface area (Å²) in [6.07, 6.45) is 7.04. The van der Waals surface area contributed by atoms with Crippen molar-refractivity contribution >= 4 is 11.8 Å². The molecule has 0 aromatic carbocycles. The van der Waals surface area contributed by atoms with Crippen molar-refractivity contribution in [1.29, 1.82) is 0 Å². The molecule has 25 heavy (non-hydrogen) atoms. The number of hydrogen-bond acceptors (Lipinski definition) is 4. The fraction of sp³-hybridized carbons (Fsp3) is 0.778. The first-order valence-electron chi connectivity index (χ1n) is 9.39. The second-order valence-corrected chi connectivity index (χ2v) is 7.27. The van der Waals surface area contributed by atoms with Crippen molar-refractivity contribution in [2.24, 2.45) is 5.92 Å². The summed E-state index contributed by atoms with van der Waals surface area (Å²) in [6, 6.07) is -0.147. The largest absolute Gasteiger partial charge is 0.344 e. The molecule has 7 nitrogen and oxygen atoms in total. The van der Waals surface area contributed by atoms with Crippen LogP contribution in [0.3, 0.4) is 0 Å². The molecule has 1 atom stereocenters. The van der Waals surface area contributed by atoms with Crippen molar-refractivity contribution < 1.29 is 9.59 Å². The van der Waals surface area contributed by atoms with Gasteiger partial charge in [-0.1, -0.05) is 32.4 Å². The van der Waals surface area contributed by atoms with E-state index in [9.17, 15) is 9.59 Å². The number of unbranched alkanes of at least 4 members (excludes halogenated alkanes) is 1. The molecule has 1 aliphatic heterocycles. The fourth-order valence-corrected chi connectivity index (χ4v) is 3.24. The van der Waals surface area contributed by atoms with E-state index in [2.05, 4.69) is 22.6 Å². The van der Waals surface area contributed by atoms with Crippen LogP contribution in [0.25, 0.3) is 0 Å². The molecule has 0 unspecified atom stereocenters. The number of amides is 2. The van der Waals surface area contributed by atoms with Gasteiger partial charge in [-0.2, -0.15) is 0 Å². The summed E-state index contributed by atoms with van der Waals surface area (Å²) in [5.41, 5.74) is 1.05. The SMILES string of the molecule is CCCCc1cn(C2CCN(C(=O)[C@H](NC(C)=O)C(C)C)CC2)nn1. The van der Waals surface area contributed by atoms with E-state index in [1.165, 1.54) is 6.92 Å². The maximum atomic E-state index is 12.7. The Balaban J connectivity index is 1.90. The Labute approximate surface area is 150 Å². The molecule has 1 aromatic rings. The van der Waals surface area contributed by atoms with Crippen LogP contribution in [0.1, 0.15) is 65.1 Å². The van der Waals surface area contributed by atoms with Gasteiger partial charge in [0, 0.05) is 26.2 Å². The number of carbonyl (C=O) groups is 2. The van der Waals surface area contributed by atoms with Gasteiger partial charge in [0.05, 0.1) is 11.7 Å². The number of likely N-dealkylation sites (tertiary alicyclic amines) is 1. The Morgan fingerprint density at radius 3 is 2.56 bits per heavy atom. The van der Waals surface area contributed by atoms with Gasteiger partial charge in [0.2, 0.25) is 11.8 Å². The lowest BCUT2D eigenvalue weighted by Gasteiger charge is -2.35. The first-order valence-corrected chi connectivity index (χ1v) is 9.39. The van der Waals surface area contributed by atoms with E-state index in [0.29, 0.717) is 19.1 Å². The molecule has 2 heterocycles. The molecule has 1 aromatic heterocycles. The molecule has 140 valence electrons. The van der Waals surface area contributed by atoms with Gasteiger partial charge < -0.3 is 10.2 Å². The van der Waals surface area contributed by atoms with Crippen LogP contribution in [0.4, 0.5) is 0 Å². The Morgan fingerprint density at radius 2 is 2.00 bits per heavy atom. The van der Waals surface area contributed by atoms with Crippen molar-refractivity contribution in [3.63, 3.8) is 0 Å². The lowest BCUT2D eigenvalue weighted by atomic mass is 9.99. The van der Waals surface area contributed by atoms with Gasteiger partial charge in [-0.15, -0.1) is 5.10 Å². The highest BCUT2D eigenvalue weighted by atomic mass is 16.2.